The Kier molecular flexibility index (Phi) is 5.81. The molecule has 0 aliphatic carbocycles. The van der Waals surface area contributed by atoms with Gasteiger partial charge in [0.2, 0.25) is 0 Å². The Morgan fingerprint density at radius 3 is 2.21 bits per heavy atom. The maximum atomic E-state index is 12.1. The van der Waals surface area contributed by atoms with Crippen LogP contribution in [0.25, 0.3) is 0 Å². The lowest BCUT2D eigenvalue weighted by molar-refractivity contribution is -0.125. The van der Waals surface area contributed by atoms with E-state index < -0.39 is 12.7 Å². The van der Waals surface area contributed by atoms with Gasteiger partial charge in [0.15, 0.2) is 11.5 Å². The maximum Gasteiger partial charge on any atom is 0.401 e. The molecule has 0 spiro atoms. The Labute approximate surface area is 114 Å². The smallest absolute Gasteiger partial charge is 0.401 e. The van der Waals surface area contributed by atoms with Crippen molar-refractivity contribution in [1.82, 2.24) is 5.32 Å². The van der Waals surface area contributed by atoms with Crippen LogP contribution in [0.15, 0.2) is 17.0 Å². The largest absolute Gasteiger partial charge is 0.493 e. The molecule has 1 rings (SSSR count). The molecule has 0 aliphatic heterocycles. The summed E-state index contributed by atoms with van der Waals surface area (Å²) in [5, 5.41) is 2.37. The maximum absolute atomic E-state index is 12.1. The number of alkyl halides is 3. The van der Waals surface area contributed by atoms with Crippen LogP contribution in [0, 0.1) is 0 Å². The summed E-state index contributed by atoms with van der Waals surface area (Å²) in [5.41, 5.74) is 0.745. The minimum Gasteiger partial charge on any atom is -0.493 e. The number of hydrogen-bond acceptors (Lipinski definition) is 4. The van der Waals surface area contributed by atoms with Crippen LogP contribution in [-0.2, 0) is 6.54 Å². The van der Waals surface area contributed by atoms with Crippen LogP contribution in [0.2, 0.25) is 0 Å². The standard InChI is InChI=1S/C12H16F3NO2S/c1-17-9-4-8(6-16-7-12(13,14)15)11(19-3)5-10(9)18-2/h4-5,16H,6-7H2,1-3H3. The van der Waals surface area contributed by atoms with Gasteiger partial charge >= 0.3 is 6.18 Å². The van der Waals surface area contributed by atoms with Gasteiger partial charge in [-0.3, -0.25) is 0 Å². The van der Waals surface area contributed by atoms with Gasteiger partial charge in [-0.1, -0.05) is 0 Å². The lowest BCUT2D eigenvalue weighted by Gasteiger charge is -2.14. The summed E-state index contributed by atoms with van der Waals surface area (Å²) < 4.78 is 46.6. The Balaban J connectivity index is 2.86. The van der Waals surface area contributed by atoms with Crippen LogP contribution < -0.4 is 14.8 Å². The summed E-state index contributed by atoms with van der Waals surface area (Å²) >= 11 is 1.45. The van der Waals surface area contributed by atoms with Crippen LogP contribution in [-0.4, -0.2) is 33.2 Å². The molecule has 0 bridgehead atoms. The van der Waals surface area contributed by atoms with Gasteiger partial charge in [-0.05, 0) is 24.0 Å². The van der Waals surface area contributed by atoms with Crippen molar-refractivity contribution < 1.29 is 22.6 Å². The van der Waals surface area contributed by atoms with Crippen LogP contribution in [0.4, 0.5) is 13.2 Å². The van der Waals surface area contributed by atoms with Crippen LogP contribution in [0.3, 0.4) is 0 Å². The molecule has 1 aromatic rings. The Morgan fingerprint density at radius 2 is 1.74 bits per heavy atom. The summed E-state index contributed by atoms with van der Waals surface area (Å²) in [6.45, 7) is -0.898. The molecule has 0 saturated heterocycles. The van der Waals surface area contributed by atoms with Crippen molar-refractivity contribution in [3.05, 3.63) is 17.7 Å². The van der Waals surface area contributed by atoms with E-state index in [1.54, 1.807) is 12.1 Å². The second-order valence-electron chi connectivity index (χ2n) is 3.74. The topological polar surface area (TPSA) is 30.5 Å². The van der Waals surface area contributed by atoms with Gasteiger partial charge in [0, 0.05) is 11.4 Å². The molecule has 1 N–H and O–H groups in total. The molecular formula is C12H16F3NO2S. The van der Waals surface area contributed by atoms with Gasteiger partial charge < -0.3 is 14.8 Å². The second kappa shape index (κ2) is 6.91. The minimum absolute atomic E-state index is 0.121. The van der Waals surface area contributed by atoms with Crippen molar-refractivity contribution in [3.63, 3.8) is 0 Å². The molecule has 0 unspecified atom stereocenters. The molecule has 0 fully saturated rings. The highest BCUT2D eigenvalue weighted by atomic mass is 32.2. The lowest BCUT2D eigenvalue weighted by atomic mass is 10.2. The highest BCUT2D eigenvalue weighted by Crippen LogP contribution is 2.34. The van der Waals surface area contributed by atoms with E-state index in [-0.39, 0.29) is 6.54 Å². The summed E-state index contributed by atoms with van der Waals surface area (Å²) in [4.78, 5) is 0.854. The first-order valence-electron chi connectivity index (χ1n) is 5.47. The number of hydrogen-bond donors (Lipinski definition) is 1. The Bertz CT molecular complexity index is 424. The number of thioether (sulfide) groups is 1. The van der Waals surface area contributed by atoms with E-state index in [1.165, 1.54) is 26.0 Å². The van der Waals surface area contributed by atoms with Crippen molar-refractivity contribution in [2.75, 3.05) is 27.0 Å². The van der Waals surface area contributed by atoms with Gasteiger partial charge in [-0.25, -0.2) is 0 Å². The summed E-state index contributed by atoms with van der Waals surface area (Å²) in [5.74, 6) is 1.07. The number of ether oxygens (including phenoxy) is 2. The normalized spacial score (nSPS) is 11.5. The molecule has 0 amide bonds. The summed E-state index contributed by atoms with van der Waals surface area (Å²) in [6, 6.07) is 3.45. The highest BCUT2D eigenvalue weighted by molar-refractivity contribution is 7.98. The molecule has 3 nitrogen and oxygen atoms in total. The average Bonchev–Trinajstić information content (AvgIpc) is 2.36. The van der Waals surface area contributed by atoms with Gasteiger partial charge in [-0.2, -0.15) is 13.2 Å². The van der Waals surface area contributed by atoms with Crippen LogP contribution in [0.1, 0.15) is 5.56 Å². The first-order valence-corrected chi connectivity index (χ1v) is 6.70. The molecule has 0 aromatic heterocycles. The summed E-state index contributed by atoms with van der Waals surface area (Å²) in [7, 11) is 3.01. The third-order valence-corrected chi connectivity index (χ3v) is 3.25. The molecule has 0 saturated carbocycles. The van der Waals surface area contributed by atoms with E-state index in [0.717, 1.165) is 10.5 Å². The second-order valence-corrected chi connectivity index (χ2v) is 4.59. The summed E-state index contributed by atoms with van der Waals surface area (Å²) in [6.07, 6.45) is -2.36. The number of benzene rings is 1. The first kappa shape index (κ1) is 16.0. The molecule has 1 aromatic carbocycles. The quantitative estimate of drug-likeness (QED) is 0.817. The van der Waals surface area contributed by atoms with Crippen molar-refractivity contribution in [1.29, 1.82) is 0 Å². The Morgan fingerprint density at radius 1 is 1.16 bits per heavy atom. The fourth-order valence-corrected chi connectivity index (χ4v) is 2.19. The third-order valence-electron chi connectivity index (χ3n) is 2.43. The fraction of sp³-hybridized carbons (Fsp3) is 0.500. The minimum atomic E-state index is -4.21. The number of methoxy groups -OCH3 is 2. The number of halogens is 3. The van der Waals surface area contributed by atoms with E-state index in [9.17, 15) is 13.2 Å². The zero-order chi connectivity index (χ0) is 14.5. The molecule has 7 heteroatoms. The molecular weight excluding hydrogens is 279 g/mol. The van der Waals surface area contributed by atoms with Crippen molar-refractivity contribution in [2.24, 2.45) is 0 Å². The van der Waals surface area contributed by atoms with E-state index in [4.69, 9.17) is 9.47 Å². The van der Waals surface area contributed by atoms with Crippen molar-refractivity contribution in [2.45, 2.75) is 17.6 Å². The Hall–Kier alpha value is -1.08. The van der Waals surface area contributed by atoms with E-state index >= 15 is 0 Å². The predicted molar refractivity (Wildman–Crippen MR) is 69.1 cm³/mol. The van der Waals surface area contributed by atoms with Gasteiger partial charge in [0.05, 0.1) is 20.8 Å². The van der Waals surface area contributed by atoms with Crippen molar-refractivity contribution >= 4 is 11.8 Å². The molecule has 0 heterocycles. The lowest BCUT2D eigenvalue weighted by Crippen LogP contribution is -2.28. The van der Waals surface area contributed by atoms with E-state index in [0.29, 0.717) is 11.5 Å². The fourth-order valence-electron chi connectivity index (χ4n) is 1.57. The third kappa shape index (κ3) is 4.83. The van der Waals surface area contributed by atoms with E-state index in [1.807, 2.05) is 6.26 Å². The van der Waals surface area contributed by atoms with Gasteiger partial charge in [0.25, 0.3) is 0 Å². The van der Waals surface area contributed by atoms with Crippen LogP contribution >= 0.6 is 11.8 Å². The number of rotatable bonds is 6. The molecule has 0 aliphatic rings. The van der Waals surface area contributed by atoms with E-state index in [2.05, 4.69) is 5.32 Å². The van der Waals surface area contributed by atoms with Gasteiger partial charge in [0.1, 0.15) is 0 Å². The first-order chi connectivity index (χ1) is 8.91. The molecule has 0 atom stereocenters. The highest BCUT2D eigenvalue weighted by Gasteiger charge is 2.26. The van der Waals surface area contributed by atoms with Crippen molar-refractivity contribution in [3.8, 4) is 11.5 Å². The predicted octanol–water partition coefficient (Wildman–Crippen LogP) is 3.08. The number of nitrogens with one attached hydrogen (secondary N) is 1. The molecule has 108 valence electrons. The zero-order valence-electron chi connectivity index (χ0n) is 10.9. The zero-order valence-corrected chi connectivity index (χ0v) is 11.7. The SMILES string of the molecule is COc1cc(CNCC(F)(F)F)c(SC)cc1OC. The molecule has 0 radical (unpaired) electrons. The van der Waals surface area contributed by atoms with Crippen LogP contribution in [0.5, 0.6) is 11.5 Å². The van der Waals surface area contributed by atoms with Gasteiger partial charge in [-0.15, -0.1) is 11.8 Å². The monoisotopic (exact) mass is 295 g/mol. The average molecular weight is 295 g/mol. The molecule has 19 heavy (non-hydrogen) atoms.